The Morgan fingerprint density at radius 2 is 1.58 bits per heavy atom. The summed E-state index contributed by atoms with van der Waals surface area (Å²) in [7, 11) is 0. The zero-order chi connectivity index (χ0) is 21.7. The van der Waals surface area contributed by atoms with Crippen LogP contribution in [-0.4, -0.2) is 67.4 Å². The van der Waals surface area contributed by atoms with Crippen LogP contribution in [0.15, 0.2) is 12.2 Å². The Kier molecular flexibility index (Phi) is 5.37. The second-order valence-corrected chi connectivity index (χ2v) is 9.15. The van der Waals surface area contributed by atoms with Gasteiger partial charge in [0.15, 0.2) is 17.7 Å². The molecular weight excluding hydrogens is 408 g/mol. The molecule has 9 heteroatoms. The number of esters is 2. The maximum absolute atomic E-state index is 13.2. The number of hydrogen-bond acceptors (Lipinski definition) is 9. The van der Waals surface area contributed by atoms with Gasteiger partial charge in [-0.15, -0.1) is 0 Å². The highest BCUT2D eigenvalue weighted by Crippen LogP contribution is 2.55. The van der Waals surface area contributed by atoms with Crippen molar-refractivity contribution in [2.45, 2.75) is 94.0 Å². The predicted octanol–water partition coefficient (Wildman–Crippen LogP) is 2.12. The molecule has 0 aromatic carbocycles. The minimum absolute atomic E-state index is 0.0836. The molecule has 5 rings (SSSR count). The van der Waals surface area contributed by atoms with Gasteiger partial charge in [0.25, 0.3) is 0 Å². The van der Waals surface area contributed by atoms with E-state index in [0.29, 0.717) is 19.4 Å². The molecule has 2 saturated carbocycles. The Hall–Kier alpha value is -1.52. The normalized spacial score (nSPS) is 37.0. The third-order valence-electron chi connectivity index (χ3n) is 6.82. The van der Waals surface area contributed by atoms with E-state index in [1.165, 1.54) is 0 Å². The van der Waals surface area contributed by atoms with E-state index in [1.54, 1.807) is 6.92 Å². The Morgan fingerprint density at radius 3 is 2.26 bits per heavy atom. The maximum atomic E-state index is 13.2. The lowest BCUT2D eigenvalue weighted by atomic mass is 10.0. The molecular formula is C22H30O9. The summed E-state index contributed by atoms with van der Waals surface area (Å²) in [5, 5.41) is 0. The summed E-state index contributed by atoms with van der Waals surface area (Å²) in [5.41, 5.74) is 0.280. The van der Waals surface area contributed by atoms with Crippen LogP contribution in [0, 0.1) is 0 Å². The van der Waals surface area contributed by atoms with Crippen LogP contribution in [0.4, 0.5) is 0 Å². The molecule has 2 spiro atoms. The van der Waals surface area contributed by atoms with E-state index in [-0.39, 0.29) is 18.8 Å². The molecule has 3 aliphatic heterocycles. The lowest BCUT2D eigenvalue weighted by molar-refractivity contribution is -0.338. The van der Waals surface area contributed by atoms with E-state index in [9.17, 15) is 9.59 Å². The second-order valence-electron chi connectivity index (χ2n) is 9.15. The van der Waals surface area contributed by atoms with Crippen LogP contribution < -0.4 is 0 Å². The molecule has 172 valence electrons. The minimum atomic E-state index is -1.70. The Bertz CT molecular complexity index is 752. The lowest BCUT2D eigenvalue weighted by Crippen LogP contribution is -2.53. The van der Waals surface area contributed by atoms with Crippen molar-refractivity contribution in [2.24, 2.45) is 0 Å². The van der Waals surface area contributed by atoms with Crippen LogP contribution >= 0.6 is 0 Å². The maximum Gasteiger partial charge on any atom is 0.370 e. The number of carbonyl (C=O) groups excluding carboxylic acids is 2. The number of fused-ring (bicyclic) bond motifs is 3. The van der Waals surface area contributed by atoms with Gasteiger partial charge in [0, 0.05) is 31.3 Å². The molecule has 31 heavy (non-hydrogen) atoms. The van der Waals surface area contributed by atoms with Crippen molar-refractivity contribution in [3.8, 4) is 0 Å². The summed E-state index contributed by atoms with van der Waals surface area (Å²) >= 11 is 0. The highest BCUT2D eigenvalue weighted by Gasteiger charge is 2.74. The SMILES string of the molecule is C=C(C)C(=O)OCCOC(=O)C12OC3COC4(CCCC4)OC3C1OC1(CCCC1)O2. The Balaban J connectivity index is 1.31. The fourth-order valence-corrected chi connectivity index (χ4v) is 5.32. The van der Waals surface area contributed by atoms with Crippen LogP contribution in [0.2, 0.25) is 0 Å². The average molecular weight is 438 g/mol. The largest absolute Gasteiger partial charge is 0.459 e. The third-order valence-corrected chi connectivity index (χ3v) is 6.82. The number of hydrogen-bond donors (Lipinski definition) is 0. The van der Waals surface area contributed by atoms with Crippen LogP contribution in [0.3, 0.4) is 0 Å². The van der Waals surface area contributed by atoms with Gasteiger partial charge in [-0.05, 0) is 32.6 Å². The number of ether oxygens (including phenoxy) is 7. The van der Waals surface area contributed by atoms with E-state index in [1.807, 2.05) is 0 Å². The predicted molar refractivity (Wildman–Crippen MR) is 104 cm³/mol. The molecule has 0 radical (unpaired) electrons. The molecule has 4 atom stereocenters. The summed E-state index contributed by atoms with van der Waals surface area (Å²) in [4.78, 5) is 24.7. The monoisotopic (exact) mass is 438 g/mol. The van der Waals surface area contributed by atoms with Crippen LogP contribution in [0.1, 0.15) is 58.3 Å². The molecule has 5 aliphatic rings. The van der Waals surface area contributed by atoms with Crippen LogP contribution in [-0.2, 0) is 42.7 Å². The quantitative estimate of drug-likeness (QED) is 0.363. The summed E-state index contributed by atoms with van der Waals surface area (Å²) in [6, 6.07) is 0. The molecule has 0 N–H and O–H groups in total. The summed E-state index contributed by atoms with van der Waals surface area (Å²) in [6.45, 7) is 5.18. The van der Waals surface area contributed by atoms with Crippen LogP contribution in [0.25, 0.3) is 0 Å². The molecule has 5 fully saturated rings. The molecule has 0 aromatic heterocycles. The fraction of sp³-hybridized carbons (Fsp3) is 0.818. The first-order chi connectivity index (χ1) is 14.9. The number of carbonyl (C=O) groups is 2. The van der Waals surface area contributed by atoms with Gasteiger partial charge in [0.2, 0.25) is 0 Å². The smallest absolute Gasteiger partial charge is 0.370 e. The molecule has 3 saturated heterocycles. The zero-order valence-corrected chi connectivity index (χ0v) is 17.9. The van der Waals surface area contributed by atoms with Gasteiger partial charge in [0.1, 0.15) is 25.4 Å². The van der Waals surface area contributed by atoms with Crippen molar-refractivity contribution >= 4 is 11.9 Å². The van der Waals surface area contributed by atoms with Gasteiger partial charge < -0.3 is 33.2 Å². The van der Waals surface area contributed by atoms with Gasteiger partial charge in [-0.3, -0.25) is 0 Å². The van der Waals surface area contributed by atoms with E-state index in [2.05, 4.69) is 6.58 Å². The van der Waals surface area contributed by atoms with Crippen LogP contribution in [0.5, 0.6) is 0 Å². The fourth-order valence-electron chi connectivity index (χ4n) is 5.32. The van der Waals surface area contributed by atoms with E-state index in [0.717, 1.165) is 38.5 Å². The summed E-state index contributed by atoms with van der Waals surface area (Å²) in [5.74, 6) is -4.41. The van der Waals surface area contributed by atoms with Gasteiger partial charge in [0.05, 0.1) is 6.61 Å². The molecule has 0 bridgehead atoms. The highest BCUT2D eigenvalue weighted by atomic mass is 16.9. The van der Waals surface area contributed by atoms with Gasteiger partial charge in [-0.25, -0.2) is 9.59 Å². The Morgan fingerprint density at radius 1 is 0.935 bits per heavy atom. The summed E-state index contributed by atoms with van der Waals surface area (Å²) < 4.78 is 41.6. The molecule has 9 nitrogen and oxygen atoms in total. The van der Waals surface area contributed by atoms with Crippen molar-refractivity contribution in [3.63, 3.8) is 0 Å². The van der Waals surface area contributed by atoms with Crippen molar-refractivity contribution in [1.29, 1.82) is 0 Å². The second kappa shape index (κ2) is 7.81. The third kappa shape index (κ3) is 3.60. The van der Waals surface area contributed by atoms with E-state index >= 15 is 0 Å². The molecule has 4 unspecified atom stereocenters. The van der Waals surface area contributed by atoms with Gasteiger partial charge in [-0.2, -0.15) is 0 Å². The molecule has 3 heterocycles. The molecule has 0 aromatic rings. The van der Waals surface area contributed by atoms with E-state index < -0.39 is 47.6 Å². The average Bonchev–Trinajstić information content (AvgIpc) is 3.51. The minimum Gasteiger partial charge on any atom is -0.459 e. The van der Waals surface area contributed by atoms with E-state index in [4.69, 9.17) is 33.2 Å². The zero-order valence-electron chi connectivity index (χ0n) is 17.9. The van der Waals surface area contributed by atoms with Gasteiger partial charge >= 0.3 is 17.7 Å². The topological polar surface area (TPSA) is 98.8 Å². The summed E-state index contributed by atoms with van der Waals surface area (Å²) in [6.07, 6.45) is 5.33. The van der Waals surface area contributed by atoms with Crippen molar-refractivity contribution in [2.75, 3.05) is 19.8 Å². The highest BCUT2D eigenvalue weighted by molar-refractivity contribution is 5.87. The van der Waals surface area contributed by atoms with Crippen molar-refractivity contribution in [3.05, 3.63) is 12.2 Å². The first-order valence-corrected chi connectivity index (χ1v) is 11.2. The first kappa shape index (κ1) is 21.3. The molecule has 0 amide bonds. The Labute approximate surface area is 181 Å². The van der Waals surface area contributed by atoms with Crippen molar-refractivity contribution < 1.29 is 42.7 Å². The number of rotatable bonds is 5. The lowest BCUT2D eigenvalue weighted by Gasteiger charge is -2.41. The molecule has 2 aliphatic carbocycles. The van der Waals surface area contributed by atoms with Gasteiger partial charge in [-0.1, -0.05) is 6.58 Å². The first-order valence-electron chi connectivity index (χ1n) is 11.2. The standard InChI is InChI=1S/C22H30O9/c1-14(2)18(23)25-11-12-26-19(24)22-17(30-21(31-22)9-5-6-10-21)16-15(28-22)13-27-20(29-16)7-3-4-8-20/h15-17H,1,3-13H2,2H3. The van der Waals surface area contributed by atoms with Crippen molar-refractivity contribution in [1.82, 2.24) is 0 Å².